The van der Waals surface area contributed by atoms with E-state index < -0.39 is 4.92 Å². The van der Waals surface area contributed by atoms with Crippen LogP contribution in [0.15, 0.2) is 54.6 Å². The zero-order valence-corrected chi connectivity index (χ0v) is 13.2. The van der Waals surface area contributed by atoms with E-state index in [-0.39, 0.29) is 23.6 Å². The van der Waals surface area contributed by atoms with Crippen molar-refractivity contribution in [2.24, 2.45) is 0 Å². The summed E-state index contributed by atoms with van der Waals surface area (Å²) in [6.07, 6.45) is 2.16. The van der Waals surface area contributed by atoms with Gasteiger partial charge >= 0.3 is 0 Å². The Morgan fingerprint density at radius 3 is 2.54 bits per heavy atom. The number of carbonyl (C=O) groups excluding carboxylic acids is 1. The van der Waals surface area contributed by atoms with Crippen LogP contribution in [0.25, 0.3) is 0 Å². The maximum absolute atomic E-state index is 12.0. The number of hydrogen-bond donors (Lipinski definition) is 2. The molecule has 0 aromatic heterocycles. The maximum atomic E-state index is 12.0. The molecule has 1 aliphatic carbocycles. The number of anilines is 1. The predicted octanol–water partition coefficient (Wildman–Crippen LogP) is 2.85. The number of non-ortho nitro benzene ring substituents is 1. The first-order valence-corrected chi connectivity index (χ1v) is 7.90. The van der Waals surface area contributed by atoms with E-state index in [1.807, 2.05) is 18.2 Å². The van der Waals surface area contributed by atoms with Crippen LogP contribution in [0.5, 0.6) is 0 Å². The van der Waals surface area contributed by atoms with Gasteiger partial charge < -0.3 is 10.6 Å². The number of carbonyl (C=O) groups is 1. The van der Waals surface area contributed by atoms with Crippen LogP contribution in [0, 0.1) is 10.1 Å². The molecule has 0 aliphatic heterocycles. The second kappa shape index (κ2) is 6.70. The molecule has 0 spiro atoms. The SMILES string of the molecule is O=C(CNc1cccc([N+](=O)[O-])c1)NCC1(c2ccccc2)CC1. The number of benzene rings is 2. The molecule has 3 rings (SSSR count). The van der Waals surface area contributed by atoms with E-state index in [0.717, 1.165) is 12.8 Å². The fourth-order valence-electron chi connectivity index (χ4n) is 2.75. The molecule has 0 bridgehead atoms. The van der Waals surface area contributed by atoms with Gasteiger partial charge in [-0.1, -0.05) is 36.4 Å². The summed E-state index contributed by atoms with van der Waals surface area (Å²) in [6, 6.07) is 16.3. The van der Waals surface area contributed by atoms with Gasteiger partial charge in [0.05, 0.1) is 11.5 Å². The summed E-state index contributed by atoms with van der Waals surface area (Å²) >= 11 is 0. The third kappa shape index (κ3) is 3.71. The summed E-state index contributed by atoms with van der Waals surface area (Å²) in [4.78, 5) is 22.3. The quantitative estimate of drug-likeness (QED) is 0.605. The monoisotopic (exact) mass is 325 g/mol. The Morgan fingerprint density at radius 1 is 1.12 bits per heavy atom. The molecule has 2 aromatic carbocycles. The van der Waals surface area contributed by atoms with E-state index in [2.05, 4.69) is 22.8 Å². The smallest absolute Gasteiger partial charge is 0.271 e. The van der Waals surface area contributed by atoms with E-state index >= 15 is 0 Å². The van der Waals surface area contributed by atoms with Crippen LogP contribution in [0.2, 0.25) is 0 Å². The van der Waals surface area contributed by atoms with E-state index in [4.69, 9.17) is 0 Å². The van der Waals surface area contributed by atoms with Crippen molar-refractivity contribution in [3.05, 3.63) is 70.3 Å². The summed E-state index contributed by atoms with van der Waals surface area (Å²) in [5, 5.41) is 16.6. The molecule has 1 amide bonds. The van der Waals surface area contributed by atoms with Crippen molar-refractivity contribution < 1.29 is 9.72 Å². The molecule has 0 radical (unpaired) electrons. The molecule has 1 fully saturated rings. The maximum Gasteiger partial charge on any atom is 0.271 e. The normalized spacial score (nSPS) is 14.7. The minimum Gasteiger partial charge on any atom is -0.376 e. The molecular weight excluding hydrogens is 306 g/mol. The standard InChI is InChI=1S/C18H19N3O3/c22-17(12-19-15-7-4-8-16(11-15)21(23)24)20-13-18(9-10-18)14-5-2-1-3-6-14/h1-8,11,19H,9-10,12-13H2,(H,20,22). The van der Waals surface area contributed by atoms with Crippen molar-refractivity contribution >= 4 is 17.3 Å². The van der Waals surface area contributed by atoms with Crippen molar-refractivity contribution in [3.8, 4) is 0 Å². The van der Waals surface area contributed by atoms with Crippen molar-refractivity contribution in [1.82, 2.24) is 5.32 Å². The van der Waals surface area contributed by atoms with Crippen LogP contribution in [0.1, 0.15) is 18.4 Å². The Balaban J connectivity index is 1.50. The minimum absolute atomic E-state index is 0.00131. The topological polar surface area (TPSA) is 84.3 Å². The lowest BCUT2D eigenvalue weighted by atomic mass is 9.96. The fraction of sp³-hybridized carbons (Fsp3) is 0.278. The van der Waals surface area contributed by atoms with E-state index in [1.165, 1.54) is 17.7 Å². The molecule has 0 saturated heterocycles. The zero-order chi connectivity index (χ0) is 17.0. The van der Waals surface area contributed by atoms with Gasteiger partial charge in [0.15, 0.2) is 0 Å². The van der Waals surface area contributed by atoms with Crippen molar-refractivity contribution in [2.75, 3.05) is 18.4 Å². The average Bonchev–Trinajstić information content (AvgIpc) is 3.40. The molecule has 6 heteroatoms. The number of rotatable bonds is 7. The van der Waals surface area contributed by atoms with Gasteiger partial charge in [0.1, 0.15) is 0 Å². The highest BCUT2D eigenvalue weighted by molar-refractivity contribution is 5.81. The number of nitro groups is 1. The number of nitro benzene ring substituents is 1. The third-order valence-electron chi connectivity index (χ3n) is 4.37. The molecular formula is C18H19N3O3. The number of nitrogens with zero attached hydrogens (tertiary/aromatic N) is 1. The van der Waals surface area contributed by atoms with Crippen molar-refractivity contribution in [1.29, 1.82) is 0 Å². The van der Waals surface area contributed by atoms with Gasteiger partial charge in [-0.3, -0.25) is 14.9 Å². The molecule has 0 atom stereocenters. The summed E-state index contributed by atoms with van der Waals surface area (Å²) in [5.74, 6) is -0.122. The van der Waals surface area contributed by atoms with Gasteiger partial charge in [0.25, 0.3) is 5.69 Å². The highest BCUT2D eigenvalue weighted by Crippen LogP contribution is 2.47. The van der Waals surface area contributed by atoms with E-state index in [1.54, 1.807) is 12.1 Å². The van der Waals surface area contributed by atoms with Crippen LogP contribution in [0.3, 0.4) is 0 Å². The lowest BCUT2D eigenvalue weighted by molar-refractivity contribution is -0.384. The molecule has 1 saturated carbocycles. The molecule has 6 nitrogen and oxygen atoms in total. The lowest BCUT2D eigenvalue weighted by Gasteiger charge is -2.17. The van der Waals surface area contributed by atoms with Gasteiger partial charge in [-0.25, -0.2) is 0 Å². The number of hydrogen-bond acceptors (Lipinski definition) is 4. The zero-order valence-electron chi connectivity index (χ0n) is 13.2. The molecule has 24 heavy (non-hydrogen) atoms. The first kappa shape index (κ1) is 16.0. The Kier molecular flexibility index (Phi) is 4.46. The molecule has 0 heterocycles. The van der Waals surface area contributed by atoms with E-state index in [0.29, 0.717) is 12.2 Å². The largest absolute Gasteiger partial charge is 0.376 e. The highest BCUT2D eigenvalue weighted by Gasteiger charge is 2.44. The Bertz CT molecular complexity index is 742. The second-order valence-electron chi connectivity index (χ2n) is 6.08. The van der Waals surface area contributed by atoms with Crippen LogP contribution >= 0.6 is 0 Å². The first-order chi connectivity index (χ1) is 11.6. The van der Waals surface area contributed by atoms with Crippen LogP contribution in [-0.4, -0.2) is 23.9 Å². The molecule has 2 aromatic rings. The van der Waals surface area contributed by atoms with Gasteiger partial charge in [0.2, 0.25) is 5.91 Å². The number of nitrogens with one attached hydrogen (secondary N) is 2. The lowest BCUT2D eigenvalue weighted by Crippen LogP contribution is -2.35. The second-order valence-corrected chi connectivity index (χ2v) is 6.08. The van der Waals surface area contributed by atoms with Gasteiger partial charge in [-0.05, 0) is 24.5 Å². The van der Waals surface area contributed by atoms with E-state index in [9.17, 15) is 14.9 Å². The Hall–Kier alpha value is -2.89. The number of amides is 1. The van der Waals surface area contributed by atoms with Crippen molar-refractivity contribution in [3.63, 3.8) is 0 Å². The summed E-state index contributed by atoms with van der Waals surface area (Å²) < 4.78 is 0. The third-order valence-corrected chi connectivity index (χ3v) is 4.37. The predicted molar refractivity (Wildman–Crippen MR) is 91.9 cm³/mol. The fourth-order valence-corrected chi connectivity index (χ4v) is 2.75. The minimum atomic E-state index is -0.456. The summed E-state index contributed by atoms with van der Waals surface area (Å²) in [6.45, 7) is 0.707. The van der Waals surface area contributed by atoms with Gasteiger partial charge in [0, 0.05) is 29.8 Å². The van der Waals surface area contributed by atoms with Crippen LogP contribution in [0.4, 0.5) is 11.4 Å². The van der Waals surface area contributed by atoms with Crippen LogP contribution < -0.4 is 10.6 Å². The molecule has 2 N–H and O–H groups in total. The molecule has 124 valence electrons. The Morgan fingerprint density at radius 2 is 1.88 bits per heavy atom. The first-order valence-electron chi connectivity index (χ1n) is 7.90. The highest BCUT2D eigenvalue weighted by atomic mass is 16.6. The molecule has 1 aliphatic rings. The summed E-state index contributed by atoms with van der Waals surface area (Å²) in [5.41, 5.74) is 1.89. The Labute approximate surface area is 140 Å². The van der Waals surface area contributed by atoms with Crippen LogP contribution in [-0.2, 0) is 10.2 Å². The van der Waals surface area contributed by atoms with Gasteiger partial charge in [-0.15, -0.1) is 0 Å². The molecule has 0 unspecified atom stereocenters. The average molecular weight is 325 g/mol. The van der Waals surface area contributed by atoms with Gasteiger partial charge in [-0.2, -0.15) is 0 Å². The van der Waals surface area contributed by atoms with Crippen molar-refractivity contribution in [2.45, 2.75) is 18.3 Å². The summed E-state index contributed by atoms with van der Waals surface area (Å²) in [7, 11) is 0.